The maximum absolute atomic E-state index is 13.2. The third-order valence-electron chi connectivity index (χ3n) is 2.99. The largest absolute Gasteiger partial charge is 0.378 e. The molecule has 3 N–H and O–H groups in total. The predicted octanol–water partition coefficient (Wildman–Crippen LogP) is 3.41. The van der Waals surface area contributed by atoms with E-state index in [1.54, 1.807) is 24.3 Å². The lowest BCUT2D eigenvalue weighted by molar-refractivity contribution is 0.597. The van der Waals surface area contributed by atoms with Gasteiger partial charge in [-0.2, -0.15) is 0 Å². The minimum absolute atomic E-state index is 0.0417. The second-order valence-corrected chi connectivity index (χ2v) is 7.03. The van der Waals surface area contributed by atoms with E-state index >= 15 is 0 Å². The second-order valence-electron chi connectivity index (χ2n) is 4.61. The minimum atomic E-state index is -3.74. The molecule has 0 aliphatic heterocycles. The van der Waals surface area contributed by atoms with E-state index in [1.165, 1.54) is 18.2 Å². The summed E-state index contributed by atoms with van der Waals surface area (Å²) in [4.78, 5) is 0.0417. The highest BCUT2D eigenvalue weighted by Gasteiger charge is 2.11. The summed E-state index contributed by atoms with van der Waals surface area (Å²) in [5.41, 5.74) is 1.48. The van der Waals surface area contributed by atoms with Crippen LogP contribution >= 0.6 is 15.9 Å². The van der Waals surface area contributed by atoms with Gasteiger partial charge < -0.3 is 5.32 Å². The van der Waals surface area contributed by atoms with Crippen LogP contribution in [0.3, 0.4) is 0 Å². The maximum atomic E-state index is 13.2. The molecule has 0 saturated carbocycles. The highest BCUT2D eigenvalue weighted by molar-refractivity contribution is 9.10. The van der Waals surface area contributed by atoms with Gasteiger partial charge in [-0.25, -0.2) is 17.9 Å². The van der Waals surface area contributed by atoms with Crippen molar-refractivity contribution in [1.82, 2.24) is 0 Å². The van der Waals surface area contributed by atoms with Crippen LogP contribution in [-0.2, 0) is 10.0 Å². The molecule has 0 fully saturated rings. The first-order valence-electron chi connectivity index (χ1n) is 6.12. The molecule has 0 heterocycles. The summed E-state index contributed by atoms with van der Waals surface area (Å²) in [6.07, 6.45) is 0. The quantitative estimate of drug-likeness (QED) is 0.863. The lowest BCUT2D eigenvalue weighted by atomic mass is 10.1. The van der Waals surface area contributed by atoms with E-state index in [-0.39, 0.29) is 16.8 Å². The topological polar surface area (TPSA) is 72.2 Å². The number of anilines is 1. The van der Waals surface area contributed by atoms with Crippen LogP contribution < -0.4 is 10.5 Å². The Morgan fingerprint density at radius 1 is 1.24 bits per heavy atom. The van der Waals surface area contributed by atoms with Crippen molar-refractivity contribution in [3.63, 3.8) is 0 Å². The summed E-state index contributed by atoms with van der Waals surface area (Å²) in [6, 6.07) is 10.8. The number of halogens is 2. The monoisotopic (exact) mass is 372 g/mol. The fourth-order valence-corrected chi connectivity index (χ4v) is 2.83. The Morgan fingerprint density at radius 3 is 2.57 bits per heavy atom. The zero-order valence-electron chi connectivity index (χ0n) is 11.2. The number of primary sulfonamides is 1. The predicted molar refractivity (Wildman–Crippen MR) is 84.0 cm³/mol. The van der Waals surface area contributed by atoms with E-state index in [0.717, 1.165) is 5.56 Å². The average molecular weight is 373 g/mol. The molecule has 4 nitrogen and oxygen atoms in total. The Kier molecular flexibility index (Phi) is 4.65. The molecule has 0 radical (unpaired) electrons. The fourth-order valence-electron chi connectivity index (χ4n) is 1.88. The van der Waals surface area contributed by atoms with Crippen molar-refractivity contribution in [3.8, 4) is 0 Å². The van der Waals surface area contributed by atoms with Gasteiger partial charge in [0.2, 0.25) is 10.0 Å². The van der Waals surface area contributed by atoms with Gasteiger partial charge in [0.25, 0.3) is 0 Å². The molecule has 7 heteroatoms. The zero-order chi connectivity index (χ0) is 15.6. The van der Waals surface area contributed by atoms with Gasteiger partial charge in [-0.1, -0.05) is 12.1 Å². The summed E-state index contributed by atoms with van der Waals surface area (Å²) in [7, 11) is -3.74. The highest BCUT2D eigenvalue weighted by Crippen LogP contribution is 2.25. The molecule has 112 valence electrons. The van der Waals surface area contributed by atoms with Gasteiger partial charge in [-0.05, 0) is 58.7 Å². The molecule has 0 aromatic heterocycles. The van der Waals surface area contributed by atoms with Crippen molar-refractivity contribution in [3.05, 3.63) is 58.3 Å². The molecule has 0 saturated heterocycles. The van der Waals surface area contributed by atoms with E-state index in [0.29, 0.717) is 10.2 Å². The first-order valence-corrected chi connectivity index (χ1v) is 8.45. The van der Waals surface area contributed by atoms with Gasteiger partial charge in [-0.15, -0.1) is 0 Å². The number of hydrogen-bond donors (Lipinski definition) is 2. The Bertz CT molecular complexity index is 765. The molecule has 1 atom stereocenters. The number of nitrogens with two attached hydrogens (primary N) is 1. The molecular weight excluding hydrogens is 359 g/mol. The summed E-state index contributed by atoms with van der Waals surface area (Å²) in [5.74, 6) is -0.331. The zero-order valence-corrected chi connectivity index (χ0v) is 13.6. The van der Waals surface area contributed by atoms with Crippen LogP contribution in [0.2, 0.25) is 0 Å². The van der Waals surface area contributed by atoms with Crippen LogP contribution in [0.25, 0.3) is 0 Å². The Labute approximate surface area is 131 Å². The first-order chi connectivity index (χ1) is 9.77. The summed E-state index contributed by atoms with van der Waals surface area (Å²) in [5, 5.41) is 8.25. The number of rotatable bonds is 4. The van der Waals surface area contributed by atoms with Crippen molar-refractivity contribution >= 4 is 31.6 Å². The average Bonchev–Trinajstić information content (AvgIpc) is 2.41. The van der Waals surface area contributed by atoms with E-state index in [2.05, 4.69) is 21.2 Å². The standard InChI is InChI=1S/C14H14BrFN2O2S/c1-9(10-5-6-14(16)13(15)7-10)18-11-3-2-4-12(8-11)21(17,19)20/h2-9,18H,1H3,(H2,17,19,20). The van der Waals surface area contributed by atoms with Crippen LogP contribution in [0.5, 0.6) is 0 Å². The highest BCUT2D eigenvalue weighted by atomic mass is 79.9. The van der Waals surface area contributed by atoms with Gasteiger partial charge in [0.1, 0.15) is 5.82 Å². The number of sulfonamides is 1. The fraction of sp³-hybridized carbons (Fsp3) is 0.143. The van der Waals surface area contributed by atoms with Gasteiger partial charge in [0.05, 0.1) is 9.37 Å². The van der Waals surface area contributed by atoms with Gasteiger partial charge in [0.15, 0.2) is 0 Å². The molecule has 0 bridgehead atoms. The van der Waals surface area contributed by atoms with Crippen LogP contribution in [-0.4, -0.2) is 8.42 Å². The third-order valence-corrected chi connectivity index (χ3v) is 4.51. The van der Waals surface area contributed by atoms with Crippen molar-refractivity contribution in [2.24, 2.45) is 5.14 Å². The van der Waals surface area contributed by atoms with E-state index in [9.17, 15) is 12.8 Å². The van der Waals surface area contributed by atoms with Crippen molar-refractivity contribution < 1.29 is 12.8 Å². The van der Waals surface area contributed by atoms with E-state index < -0.39 is 10.0 Å². The molecule has 0 aliphatic rings. The molecule has 2 aromatic rings. The van der Waals surface area contributed by atoms with Crippen molar-refractivity contribution in [2.45, 2.75) is 17.9 Å². The molecule has 21 heavy (non-hydrogen) atoms. The number of benzene rings is 2. The van der Waals surface area contributed by atoms with Crippen molar-refractivity contribution in [1.29, 1.82) is 0 Å². The van der Waals surface area contributed by atoms with Crippen molar-refractivity contribution in [2.75, 3.05) is 5.32 Å². The minimum Gasteiger partial charge on any atom is -0.378 e. The van der Waals surface area contributed by atoms with Crippen LogP contribution in [0.15, 0.2) is 51.8 Å². The molecule has 2 rings (SSSR count). The first kappa shape index (κ1) is 15.9. The maximum Gasteiger partial charge on any atom is 0.238 e. The van der Waals surface area contributed by atoms with Gasteiger partial charge >= 0.3 is 0 Å². The Balaban J connectivity index is 2.23. The summed E-state index contributed by atoms with van der Waals surface area (Å²) >= 11 is 3.14. The van der Waals surface area contributed by atoms with Crippen LogP contribution in [0.1, 0.15) is 18.5 Å². The Hall–Kier alpha value is -1.44. The molecule has 0 amide bonds. The molecule has 0 spiro atoms. The molecule has 1 unspecified atom stereocenters. The second kappa shape index (κ2) is 6.13. The normalized spacial score (nSPS) is 13.0. The van der Waals surface area contributed by atoms with Gasteiger partial charge in [-0.3, -0.25) is 0 Å². The smallest absolute Gasteiger partial charge is 0.238 e. The van der Waals surface area contributed by atoms with Crippen LogP contribution in [0, 0.1) is 5.82 Å². The summed E-state index contributed by atoms with van der Waals surface area (Å²) < 4.78 is 36.3. The lowest BCUT2D eigenvalue weighted by Gasteiger charge is -2.16. The SMILES string of the molecule is CC(Nc1cccc(S(N)(=O)=O)c1)c1ccc(F)c(Br)c1. The van der Waals surface area contributed by atoms with E-state index in [4.69, 9.17) is 5.14 Å². The van der Waals surface area contributed by atoms with Gasteiger partial charge in [0, 0.05) is 11.7 Å². The number of hydrogen-bond acceptors (Lipinski definition) is 3. The number of nitrogens with one attached hydrogen (secondary N) is 1. The Morgan fingerprint density at radius 2 is 1.95 bits per heavy atom. The molecule has 0 aliphatic carbocycles. The molecule has 2 aromatic carbocycles. The van der Waals surface area contributed by atoms with E-state index in [1.807, 2.05) is 6.92 Å². The third kappa shape index (κ3) is 4.03. The molecular formula is C14H14BrFN2O2S. The summed E-state index contributed by atoms with van der Waals surface area (Å²) in [6.45, 7) is 1.89. The van der Waals surface area contributed by atoms with Crippen LogP contribution in [0.4, 0.5) is 10.1 Å². The lowest BCUT2D eigenvalue weighted by Crippen LogP contribution is -2.13.